The van der Waals surface area contributed by atoms with Gasteiger partial charge in [0.15, 0.2) is 5.78 Å². The molecule has 0 aliphatic carbocycles. The molecule has 1 nitrogen and oxygen atoms in total. The molecule has 0 spiro atoms. The second-order valence-electron chi connectivity index (χ2n) is 5.36. The van der Waals surface area contributed by atoms with E-state index in [1.54, 1.807) is 11.8 Å². The third-order valence-electron chi connectivity index (χ3n) is 3.56. The maximum atomic E-state index is 12.5. The second kappa shape index (κ2) is 5.38. The normalized spacial score (nSPS) is 13.9. The predicted molar refractivity (Wildman–Crippen MR) is 86.8 cm³/mol. The molecule has 0 saturated heterocycles. The van der Waals surface area contributed by atoms with Gasteiger partial charge in [0.05, 0.1) is 0 Å². The standard InChI is InChI=1S/C17H15BrOS/c1-10(2)11-3-5-17-14(8-11)15(19)9-12-7-13(18)4-6-16(12)20-17/h3-8,10H,9H2,1-2H3. The molecule has 0 unspecified atom stereocenters. The van der Waals surface area contributed by atoms with Gasteiger partial charge in [-0.1, -0.05) is 47.6 Å². The fourth-order valence-corrected chi connectivity index (χ4v) is 3.85. The Hall–Kier alpha value is -1.06. The van der Waals surface area contributed by atoms with E-state index in [0.29, 0.717) is 12.3 Å². The average Bonchev–Trinajstić information content (AvgIpc) is 2.54. The smallest absolute Gasteiger partial charge is 0.168 e. The van der Waals surface area contributed by atoms with Gasteiger partial charge in [-0.3, -0.25) is 4.79 Å². The van der Waals surface area contributed by atoms with Gasteiger partial charge < -0.3 is 0 Å². The lowest BCUT2D eigenvalue weighted by Gasteiger charge is -2.10. The highest BCUT2D eigenvalue weighted by Crippen LogP contribution is 2.38. The van der Waals surface area contributed by atoms with Gasteiger partial charge in [0, 0.05) is 26.2 Å². The van der Waals surface area contributed by atoms with E-state index < -0.39 is 0 Å². The number of halogens is 1. The van der Waals surface area contributed by atoms with Crippen LogP contribution in [0.4, 0.5) is 0 Å². The largest absolute Gasteiger partial charge is 0.294 e. The molecular formula is C17H15BrOS. The molecule has 1 aliphatic heterocycles. The van der Waals surface area contributed by atoms with Gasteiger partial charge in [0.2, 0.25) is 0 Å². The van der Waals surface area contributed by atoms with Crippen LogP contribution < -0.4 is 0 Å². The van der Waals surface area contributed by atoms with Gasteiger partial charge in [-0.2, -0.15) is 0 Å². The monoisotopic (exact) mass is 346 g/mol. The number of hydrogen-bond acceptors (Lipinski definition) is 2. The van der Waals surface area contributed by atoms with E-state index in [4.69, 9.17) is 0 Å². The molecular weight excluding hydrogens is 332 g/mol. The molecule has 0 bridgehead atoms. The molecule has 20 heavy (non-hydrogen) atoms. The second-order valence-corrected chi connectivity index (χ2v) is 7.36. The Bertz CT molecular complexity index is 691. The molecule has 2 aromatic carbocycles. The number of carbonyl (C=O) groups is 1. The van der Waals surface area contributed by atoms with Crippen molar-refractivity contribution in [1.29, 1.82) is 0 Å². The Morgan fingerprint density at radius 3 is 2.60 bits per heavy atom. The fraction of sp³-hybridized carbons (Fsp3) is 0.235. The number of Topliss-reactive ketones (excluding diaryl/α,β-unsaturated/α-hetero) is 1. The zero-order valence-electron chi connectivity index (χ0n) is 11.4. The highest BCUT2D eigenvalue weighted by atomic mass is 79.9. The zero-order chi connectivity index (χ0) is 14.3. The molecule has 3 heteroatoms. The van der Waals surface area contributed by atoms with Gasteiger partial charge in [0.25, 0.3) is 0 Å². The van der Waals surface area contributed by atoms with E-state index in [-0.39, 0.29) is 5.78 Å². The summed E-state index contributed by atoms with van der Waals surface area (Å²) in [5.41, 5.74) is 3.20. The predicted octanol–water partition coefficient (Wildman–Crippen LogP) is 5.46. The Morgan fingerprint density at radius 2 is 1.85 bits per heavy atom. The Kier molecular flexibility index (Phi) is 3.74. The number of hydrogen-bond donors (Lipinski definition) is 0. The summed E-state index contributed by atoms with van der Waals surface area (Å²) in [6.07, 6.45) is 0.482. The van der Waals surface area contributed by atoms with E-state index in [0.717, 1.165) is 20.5 Å². The summed E-state index contributed by atoms with van der Waals surface area (Å²) < 4.78 is 1.03. The lowest BCUT2D eigenvalue weighted by Crippen LogP contribution is -2.04. The third kappa shape index (κ3) is 2.57. The number of benzene rings is 2. The summed E-state index contributed by atoms with van der Waals surface area (Å²) in [6.45, 7) is 4.31. The Morgan fingerprint density at radius 1 is 1.10 bits per heavy atom. The first-order valence-electron chi connectivity index (χ1n) is 6.68. The SMILES string of the molecule is CC(C)c1ccc2c(c1)C(=O)Cc1cc(Br)ccc1S2. The summed E-state index contributed by atoms with van der Waals surface area (Å²) in [7, 11) is 0. The third-order valence-corrected chi connectivity index (χ3v) is 5.25. The van der Waals surface area contributed by atoms with E-state index >= 15 is 0 Å². The van der Waals surface area contributed by atoms with Crippen molar-refractivity contribution in [2.24, 2.45) is 0 Å². The van der Waals surface area contributed by atoms with Crippen molar-refractivity contribution in [1.82, 2.24) is 0 Å². The van der Waals surface area contributed by atoms with Crippen LogP contribution in [0.25, 0.3) is 0 Å². The molecule has 0 amide bonds. The van der Waals surface area contributed by atoms with Gasteiger partial charge in [-0.15, -0.1) is 0 Å². The summed E-state index contributed by atoms with van der Waals surface area (Å²) in [6, 6.07) is 12.5. The van der Waals surface area contributed by atoms with Crippen molar-refractivity contribution in [2.45, 2.75) is 36.0 Å². The van der Waals surface area contributed by atoms with Gasteiger partial charge in [-0.05, 0) is 47.4 Å². The molecule has 1 aliphatic rings. The lowest BCUT2D eigenvalue weighted by molar-refractivity contribution is 0.0990. The van der Waals surface area contributed by atoms with Crippen LogP contribution >= 0.6 is 27.7 Å². The van der Waals surface area contributed by atoms with Crippen LogP contribution in [0.3, 0.4) is 0 Å². The van der Waals surface area contributed by atoms with Gasteiger partial charge in [0.1, 0.15) is 0 Å². The van der Waals surface area contributed by atoms with Gasteiger partial charge in [-0.25, -0.2) is 0 Å². The molecule has 0 radical (unpaired) electrons. The first-order valence-corrected chi connectivity index (χ1v) is 8.29. The summed E-state index contributed by atoms with van der Waals surface area (Å²) in [5, 5.41) is 0. The Labute approximate surface area is 131 Å². The molecule has 0 N–H and O–H groups in total. The van der Waals surface area contributed by atoms with Crippen molar-refractivity contribution in [3.05, 3.63) is 57.6 Å². The van der Waals surface area contributed by atoms with E-state index in [1.807, 2.05) is 6.07 Å². The molecule has 102 valence electrons. The van der Waals surface area contributed by atoms with Crippen LogP contribution in [0.15, 0.2) is 50.7 Å². The van der Waals surface area contributed by atoms with Crippen LogP contribution in [0.1, 0.15) is 41.3 Å². The number of carbonyl (C=O) groups excluding carboxylic acids is 1. The quantitative estimate of drug-likeness (QED) is 0.681. The first kappa shape index (κ1) is 13.9. The maximum Gasteiger partial charge on any atom is 0.168 e. The van der Waals surface area contributed by atoms with Crippen molar-refractivity contribution >= 4 is 33.5 Å². The molecule has 0 aromatic heterocycles. The minimum Gasteiger partial charge on any atom is -0.294 e. The van der Waals surface area contributed by atoms with Crippen LogP contribution in [-0.4, -0.2) is 5.78 Å². The number of ketones is 1. The molecule has 1 heterocycles. The summed E-state index contributed by atoms with van der Waals surface area (Å²) >= 11 is 5.18. The summed E-state index contributed by atoms with van der Waals surface area (Å²) in [5.74, 6) is 0.657. The van der Waals surface area contributed by atoms with E-state index in [2.05, 4.69) is 60.1 Å². The lowest BCUT2D eigenvalue weighted by atomic mass is 9.97. The molecule has 0 fully saturated rings. The van der Waals surface area contributed by atoms with Gasteiger partial charge >= 0.3 is 0 Å². The molecule has 0 atom stereocenters. The van der Waals surface area contributed by atoms with Crippen LogP contribution in [0, 0.1) is 0 Å². The molecule has 2 aromatic rings. The van der Waals surface area contributed by atoms with E-state index in [1.165, 1.54) is 10.5 Å². The number of rotatable bonds is 1. The topological polar surface area (TPSA) is 17.1 Å². The zero-order valence-corrected chi connectivity index (χ0v) is 13.8. The van der Waals surface area contributed by atoms with Crippen molar-refractivity contribution in [3.63, 3.8) is 0 Å². The summed E-state index contributed by atoms with van der Waals surface area (Å²) in [4.78, 5) is 14.8. The van der Waals surface area contributed by atoms with Crippen molar-refractivity contribution < 1.29 is 4.79 Å². The number of fused-ring (bicyclic) bond motifs is 2. The minimum atomic E-state index is 0.215. The van der Waals surface area contributed by atoms with E-state index in [9.17, 15) is 4.79 Å². The first-order chi connectivity index (χ1) is 9.54. The van der Waals surface area contributed by atoms with Crippen LogP contribution in [-0.2, 0) is 6.42 Å². The maximum absolute atomic E-state index is 12.5. The van der Waals surface area contributed by atoms with Crippen molar-refractivity contribution in [2.75, 3.05) is 0 Å². The van der Waals surface area contributed by atoms with Crippen LogP contribution in [0.2, 0.25) is 0 Å². The fourth-order valence-electron chi connectivity index (χ4n) is 2.39. The highest BCUT2D eigenvalue weighted by Gasteiger charge is 2.21. The Balaban J connectivity index is 2.10. The van der Waals surface area contributed by atoms with Crippen molar-refractivity contribution in [3.8, 4) is 0 Å². The minimum absolute atomic E-state index is 0.215. The van der Waals surface area contributed by atoms with Crippen LogP contribution in [0.5, 0.6) is 0 Å². The average molecular weight is 347 g/mol. The molecule has 0 saturated carbocycles. The molecule has 3 rings (SSSR count). The highest BCUT2D eigenvalue weighted by molar-refractivity contribution is 9.10.